The first-order chi connectivity index (χ1) is 15.3. The summed E-state index contributed by atoms with van der Waals surface area (Å²) in [5.74, 6) is 3.86. The highest BCUT2D eigenvalue weighted by Crippen LogP contribution is 2.25. The first-order valence-electron chi connectivity index (χ1n) is 10.8. The number of aromatic nitrogens is 4. The second-order valence-corrected chi connectivity index (χ2v) is 7.89. The van der Waals surface area contributed by atoms with Crippen LogP contribution in [0.15, 0.2) is 49.1 Å². The lowest BCUT2D eigenvalue weighted by Crippen LogP contribution is -2.47. The molecule has 2 saturated heterocycles. The standard InChI is InChI=1S/C23H27N7O/c1-31-19-6-4-18(5-7-19)20-14-21(25-16-24-20)29-10-12-30(13-11-29)23-15-22(26-17-27-23)28-8-2-3-9-28/h4-7,14-17H,2-3,8-13H2,1H3. The van der Waals surface area contributed by atoms with Crippen LogP contribution in [0.1, 0.15) is 12.8 Å². The van der Waals surface area contributed by atoms with Crippen molar-refractivity contribution < 1.29 is 4.74 Å². The highest BCUT2D eigenvalue weighted by Gasteiger charge is 2.21. The molecule has 8 nitrogen and oxygen atoms in total. The van der Waals surface area contributed by atoms with Gasteiger partial charge in [-0.3, -0.25) is 0 Å². The van der Waals surface area contributed by atoms with Gasteiger partial charge >= 0.3 is 0 Å². The number of rotatable bonds is 5. The summed E-state index contributed by atoms with van der Waals surface area (Å²) in [5, 5.41) is 0. The average molecular weight is 418 g/mol. The van der Waals surface area contributed by atoms with Crippen LogP contribution in [0.5, 0.6) is 5.75 Å². The maximum Gasteiger partial charge on any atom is 0.134 e. The Kier molecular flexibility index (Phi) is 5.52. The molecule has 0 bridgehead atoms. The smallest absolute Gasteiger partial charge is 0.134 e. The van der Waals surface area contributed by atoms with Gasteiger partial charge in [0.2, 0.25) is 0 Å². The number of hydrogen-bond donors (Lipinski definition) is 0. The maximum absolute atomic E-state index is 5.25. The van der Waals surface area contributed by atoms with Crippen molar-refractivity contribution in [3.63, 3.8) is 0 Å². The highest BCUT2D eigenvalue weighted by molar-refractivity contribution is 5.63. The summed E-state index contributed by atoms with van der Waals surface area (Å²) in [7, 11) is 1.67. The Labute approximate surface area is 182 Å². The van der Waals surface area contributed by atoms with Crippen LogP contribution in [-0.4, -0.2) is 66.3 Å². The number of ether oxygens (including phenoxy) is 1. The first kappa shape index (κ1) is 19.5. The lowest BCUT2D eigenvalue weighted by molar-refractivity contribution is 0.415. The van der Waals surface area contributed by atoms with E-state index >= 15 is 0 Å². The summed E-state index contributed by atoms with van der Waals surface area (Å²) in [6.45, 7) is 5.77. The summed E-state index contributed by atoms with van der Waals surface area (Å²) in [6, 6.07) is 12.1. The fourth-order valence-corrected chi connectivity index (χ4v) is 4.23. The molecule has 1 aromatic carbocycles. The Morgan fingerprint density at radius 2 is 1.16 bits per heavy atom. The van der Waals surface area contributed by atoms with Crippen LogP contribution in [0.3, 0.4) is 0 Å². The number of benzene rings is 1. The fourth-order valence-electron chi connectivity index (χ4n) is 4.23. The molecule has 0 saturated carbocycles. The summed E-state index contributed by atoms with van der Waals surface area (Å²) in [5.41, 5.74) is 1.97. The van der Waals surface area contributed by atoms with Crippen molar-refractivity contribution in [2.75, 3.05) is 61.1 Å². The van der Waals surface area contributed by atoms with Crippen molar-refractivity contribution >= 4 is 17.5 Å². The zero-order valence-corrected chi connectivity index (χ0v) is 17.8. The van der Waals surface area contributed by atoms with Gasteiger partial charge in [0.05, 0.1) is 12.8 Å². The molecule has 8 heteroatoms. The molecule has 0 unspecified atom stereocenters. The zero-order valence-electron chi connectivity index (χ0n) is 17.8. The molecule has 0 radical (unpaired) electrons. The molecule has 4 heterocycles. The number of anilines is 3. The topological polar surface area (TPSA) is 70.5 Å². The lowest BCUT2D eigenvalue weighted by Gasteiger charge is -2.36. The van der Waals surface area contributed by atoms with Crippen molar-refractivity contribution in [2.45, 2.75) is 12.8 Å². The third kappa shape index (κ3) is 4.23. The minimum atomic E-state index is 0.840. The molecule has 160 valence electrons. The molecule has 2 aliphatic rings. The quantitative estimate of drug-likeness (QED) is 0.628. The van der Waals surface area contributed by atoms with Crippen LogP contribution in [-0.2, 0) is 0 Å². The van der Waals surface area contributed by atoms with E-state index in [1.54, 1.807) is 19.8 Å². The number of hydrogen-bond acceptors (Lipinski definition) is 8. The molecule has 2 fully saturated rings. The summed E-state index contributed by atoms with van der Waals surface area (Å²) in [6.07, 6.45) is 5.83. The zero-order chi connectivity index (χ0) is 21.0. The third-order valence-corrected chi connectivity index (χ3v) is 6.03. The van der Waals surface area contributed by atoms with Gasteiger partial charge in [0, 0.05) is 57.0 Å². The van der Waals surface area contributed by atoms with Crippen molar-refractivity contribution in [3.8, 4) is 17.0 Å². The predicted octanol–water partition coefficient (Wildman–Crippen LogP) is 2.87. The SMILES string of the molecule is COc1ccc(-c2cc(N3CCN(c4cc(N5CCCC5)ncn4)CC3)ncn2)cc1. The minimum absolute atomic E-state index is 0.840. The van der Waals surface area contributed by atoms with Crippen LogP contribution in [0.2, 0.25) is 0 Å². The molecule has 0 N–H and O–H groups in total. The fraction of sp³-hybridized carbons (Fsp3) is 0.391. The van der Waals surface area contributed by atoms with Crippen molar-refractivity contribution in [3.05, 3.63) is 49.1 Å². The molecular weight excluding hydrogens is 390 g/mol. The Morgan fingerprint density at radius 1 is 0.645 bits per heavy atom. The number of nitrogens with zero attached hydrogens (tertiary/aromatic N) is 7. The second kappa shape index (κ2) is 8.75. The normalized spacial score (nSPS) is 16.6. The van der Waals surface area contributed by atoms with Crippen LogP contribution in [0.4, 0.5) is 17.5 Å². The van der Waals surface area contributed by atoms with Gasteiger partial charge in [-0.1, -0.05) is 0 Å². The van der Waals surface area contributed by atoms with Gasteiger partial charge in [-0.25, -0.2) is 19.9 Å². The van der Waals surface area contributed by atoms with E-state index in [1.165, 1.54) is 12.8 Å². The number of methoxy groups -OCH3 is 1. The first-order valence-corrected chi connectivity index (χ1v) is 10.8. The van der Waals surface area contributed by atoms with Crippen molar-refractivity contribution in [1.29, 1.82) is 0 Å². The molecule has 31 heavy (non-hydrogen) atoms. The molecule has 3 aromatic rings. The summed E-state index contributed by atoms with van der Waals surface area (Å²) < 4.78 is 5.25. The van der Waals surface area contributed by atoms with E-state index in [-0.39, 0.29) is 0 Å². The van der Waals surface area contributed by atoms with Gasteiger partial charge < -0.3 is 19.4 Å². The number of piperazine rings is 1. The Hall–Kier alpha value is -3.42. The van der Waals surface area contributed by atoms with Gasteiger partial charge in [-0.15, -0.1) is 0 Å². The van der Waals surface area contributed by atoms with E-state index in [2.05, 4.69) is 46.8 Å². The Balaban J connectivity index is 1.26. The van der Waals surface area contributed by atoms with Crippen LogP contribution in [0, 0.1) is 0 Å². The Morgan fingerprint density at radius 3 is 1.74 bits per heavy atom. The molecule has 0 amide bonds. The van der Waals surface area contributed by atoms with E-state index in [1.807, 2.05) is 24.3 Å². The lowest BCUT2D eigenvalue weighted by atomic mass is 10.1. The molecule has 0 spiro atoms. The van der Waals surface area contributed by atoms with Crippen LogP contribution >= 0.6 is 0 Å². The van der Waals surface area contributed by atoms with Crippen molar-refractivity contribution in [2.24, 2.45) is 0 Å². The maximum atomic E-state index is 5.25. The molecule has 2 aromatic heterocycles. The van der Waals surface area contributed by atoms with Crippen molar-refractivity contribution in [1.82, 2.24) is 19.9 Å². The van der Waals surface area contributed by atoms with Crippen LogP contribution < -0.4 is 19.4 Å². The highest BCUT2D eigenvalue weighted by atomic mass is 16.5. The van der Waals surface area contributed by atoms with E-state index < -0.39 is 0 Å². The summed E-state index contributed by atoms with van der Waals surface area (Å²) >= 11 is 0. The molecule has 0 atom stereocenters. The van der Waals surface area contributed by atoms with Gasteiger partial charge in [0.1, 0.15) is 35.9 Å². The van der Waals surface area contributed by atoms with E-state index in [4.69, 9.17) is 4.74 Å². The monoisotopic (exact) mass is 417 g/mol. The average Bonchev–Trinajstić information content (AvgIpc) is 3.40. The van der Waals surface area contributed by atoms with E-state index in [9.17, 15) is 0 Å². The second-order valence-electron chi connectivity index (χ2n) is 7.89. The largest absolute Gasteiger partial charge is 0.497 e. The molecule has 2 aliphatic heterocycles. The molecular formula is C23H27N7O. The Bertz CT molecular complexity index is 1010. The third-order valence-electron chi connectivity index (χ3n) is 6.03. The van der Waals surface area contributed by atoms with Gasteiger partial charge in [-0.05, 0) is 37.1 Å². The van der Waals surface area contributed by atoms with Gasteiger partial charge in [0.25, 0.3) is 0 Å². The van der Waals surface area contributed by atoms with E-state index in [0.717, 1.165) is 73.7 Å². The molecule has 0 aliphatic carbocycles. The van der Waals surface area contributed by atoms with Gasteiger partial charge in [-0.2, -0.15) is 0 Å². The summed E-state index contributed by atoms with van der Waals surface area (Å²) in [4.78, 5) is 25.0. The van der Waals surface area contributed by atoms with E-state index in [0.29, 0.717) is 0 Å². The van der Waals surface area contributed by atoms with Crippen LogP contribution in [0.25, 0.3) is 11.3 Å². The van der Waals surface area contributed by atoms with Gasteiger partial charge in [0.15, 0.2) is 0 Å². The minimum Gasteiger partial charge on any atom is -0.497 e. The predicted molar refractivity (Wildman–Crippen MR) is 122 cm³/mol. The molecule has 5 rings (SSSR count).